The van der Waals surface area contributed by atoms with Crippen LogP contribution in [0.1, 0.15) is 6.92 Å². The van der Waals surface area contributed by atoms with Gasteiger partial charge in [0.2, 0.25) is 0 Å². The minimum atomic E-state index is -11.2. The summed E-state index contributed by atoms with van der Waals surface area (Å²) in [6.07, 6.45) is 0. The van der Waals surface area contributed by atoms with E-state index in [9.17, 15) is 21.7 Å². The molecule has 0 heterocycles. The van der Waals surface area contributed by atoms with E-state index in [0.717, 1.165) is 0 Å². The van der Waals surface area contributed by atoms with Gasteiger partial charge in [0.15, 0.2) is 0 Å². The molecule has 0 atom stereocenters. The molecule has 0 aliphatic rings. The van der Waals surface area contributed by atoms with Gasteiger partial charge in [0.1, 0.15) is 21.1 Å². The molecular formula is C5H12F6NO2Sb. The molecule has 0 radical (unpaired) electrons. The summed E-state index contributed by atoms with van der Waals surface area (Å²) in [4.78, 5) is 15.0. The van der Waals surface area contributed by atoms with Crippen molar-refractivity contribution in [1.82, 2.24) is 0 Å². The molecule has 0 amide bonds. The number of hydroxylamine groups is 3. The quantitative estimate of drug-likeness (QED) is 0.313. The Morgan fingerprint density at radius 1 is 1.00 bits per heavy atom. The first-order valence-electron chi connectivity index (χ1n) is 3.45. The number of hydrogen-bond donors (Lipinski definition) is 0. The van der Waals surface area contributed by atoms with Gasteiger partial charge in [0.25, 0.3) is 0 Å². The normalized spacial score (nSPS) is 16.7. The number of hydrogen-bond acceptors (Lipinski definition) is 2. The predicted octanol–water partition coefficient (Wildman–Crippen LogP) is 2.31. The second-order valence-electron chi connectivity index (χ2n) is 3.43. The van der Waals surface area contributed by atoms with Crippen LogP contribution in [-0.4, -0.2) is 51.2 Å². The molecule has 10 heteroatoms. The Morgan fingerprint density at radius 2 is 1.20 bits per heavy atom. The zero-order chi connectivity index (χ0) is 13.2. The van der Waals surface area contributed by atoms with Gasteiger partial charge in [-0.1, -0.05) is 0 Å². The Kier molecular flexibility index (Phi) is 4.24. The minimum absolute atomic E-state index is 0.231. The number of nitrogens with zero attached hydrogens (tertiary/aromatic N) is 1. The van der Waals surface area contributed by atoms with Crippen molar-refractivity contribution in [3.8, 4) is 0 Å². The van der Waals surface area contributed by atoms with Crippen molar-refractivity contribution < 1.29 is 31.2 Å². The van der Waals surface area contributed by atoms with Crippen LogP contribution in [0.25, 0.3) is 0 Å². The van der Waals surface area contributed by atoms with Crippen molar-refractivity contribution in [3.05, 3.63) is 0 Å². The average Bonchev–Trinajstić information content (AvgIpc) is 1.41. The van der Waals surface area contributed by atoms with Crippen molar-refractivity contribution in [2.75, 3.05) is 21.1 Å². The van der Waals surface area contributed by atoms with Crippen LogP contribution in [0.15, 0.2) is 0 Å². The van der Waals surface area contributed by atoms with Crippen molar-refractivity contribution >= 4 is 25.4 Å². The Balaban J connectivity index is 0. The fraction of sp³-hybridized carbons (Fsp3) is 0.800. The number of carbonyl (C=O) groups excluding carboxylic acids is 1. The zero-order valence-corrected chi connectivity index (χ0v) is 11.0. The average molecular weight is 354 g/mol. The van der Waals surface area contributed by atoms with Gasteiger partial charge in [-0.15, -0.1) is 4.65 Å². The molecule has 0 fully saturated rings. The first-order chi connectivity index (χ1) is 5.87. The second-order valence-corrected chi connectivity index (χ2v) is 8.90. The van der Waals surface area contributed by atoms with E-state index in [-0.39, 0.29) is 10.6 Å². The Hall–Kier alpha value is -0.172. The van der Waals surface area contributed by atoms with E-state index in [4.69, 9.17) is 4.84 Å². The molecule has 0 spiro atoms. The Bertz CT molecular complexity index is 227. The van der Waals surface area contributed by atoms with Gasteiger partial charge in [-0.25, -0.2) is 4.79 Å². The number of carbonyl (C=O) groups is 1. The molecule has 15 heavy (non-hydrogen) atoms. The SMILES string of the molecule is CC(=O)O[N+](C)(C)C.[F][Sb-]([F])([F])([F])([F])[F]. The predicted molar refractivity (Wildman–Crippen MR) is 42.2 cm³/mol. The van der Waals surface area contributed by atoms with Crippen LogP contribution in [0.3, 0.4) is 0 Å². The monoisotopic (exact) mass is 353 g/mol. The van der Waals surface area contributed by atoms with E-state index in [1.165, 1.54) is 6.92 Å². The molecule has 0 saturated carbocycles. The summed E-state index contributed by atoms with van der Waals surface area (Å²) in [7, 11) is 5.34. The van der Waals surface area contributed by atoms with Gasteiger partial charge < -0.3 is 0 Å². The Morgan fingerprint density at radius 3 is 1.20 bits per heavy atom. The summed E-state index contributed by atoms with van der Waals surface area (Å²) in [5.74, 6) is -0.252. The fourth-order valence-corrected chi connectivity index (χ4v) is 0.386. The molecule has 3 nitrogen and oxygen atoms in total. The molecule has 0 aliphatic heterocycles. The molecule has 0 aromatic carbocycles. The molecule has 0 rings (SSSR count). The third-order valence-corrected chi connectivity index (χ3v) is 0.402. The molecule has 0 bridgehead atoms. The van der Waals surface area contributed by atoms with Crippen LogP contribution < -0.4 is 0 Å². The van der Waals surface area contributed by atoms with E-state index in [1.54, 1.807) is 21.1 Å². The third-order valence-electron chi connectivity index (χ3n) is 0.402. The van der Waals surface area contributed by atoms with Crippen LogP contribution in [0.2, 0.25) is 0 Å². The van der Waals surface area contributed by atoms with Crippen molar-refractivity contribution in [1.29, 1.82) is 0 Å². The van der Waals surface area contributed by atoms with Gasteiger partial charge in [-0.3, -0.25) is 4.84 Å². The molecule has 0 saturated heterocycles. The topological polar surface area (TPSA) is 26.3 Å². The van der Waals surface area contributed by atoms with Gasteiger partial charge in [-0.05, 0) is 0 Å². The van der Waals surface area contributed by atoms with Crippen molar-refractivity contribution in [2.45, 2.75) is 6.92 Å². The zero-order valence-electron chi connectivity index (χ0n) is 8.48. The molecule has 96 valence electrons. The van der Waals surface area contributed by atoms with Crippen LogP contribution in [0, 0.1) is 0 Å². The Labute approximate surface area is 85.0 Å². The second kappa shape index (κ2) is 3.69. The van der Waals surface area contributed by atoms with Crippen LogP contribution in [-0.2, 0) is 9.63 Å². The molecular weight excluding hydrogens is 342 g/mol. The number of halogens is 6. The van der Waals surface area contributed by atoms with Crippen LogP contribution >= 0.6 is 0 Å². The standard InChI is InChI=1S/C5H12NO2.6FH.Sb/c1-5(7)8-6(2,3)4;;;;;;;/h1-4H3;6*1H;/q+1;;;;;;;+5/p-6. The van der Waals surface area contributed by atoms with E-state index in [2.05, 4.69) is 0 Å². The van der Waals surface area contributed by atoms with E-state index in [1.807, 2.05) is 0 Å². The summed E-state index contributed by atoms with van der Waals surface area (Å²) < 4.78 is 59.8. The fourth-order valence-electron chi connectivity index (χ4n) is 0.386. The number of quaternary nitrogens is 1. The molecule has 0 aliphatic carbocycles. The van der Waals surface area contributed by atoms with Gasteiger partial charge in [-0.2, -0.15) is 0 Å². The van der Waals surface area contributed by atoms with Crippen LogP contribution in [0.5, 0.6) is 0 Å². The van der Waals surface area contributed by atoms with Gasteiger partial charge in [0, 0.05) is 6.92 Å². The first kappa shape index (κ1) is 17.2. The maximum absolute atomic E-state index is 11.2. The van der Waals surface area contributed by atoms with Crippen LogP contribution in [0.4, 0.5) is 16.9 Å². The van der Waals surface area contributed by atoms with E-state index in [0.29, 0.717) is 0 Å². The van der Waals surface area contributed by atoms with Gasteiger partial charge in [0.05, 0.1) is 0 Å². The summed E-state index contributed by atoms with van der Waals surface area (Å²) in [6.45, 7) is 1.39. The summed E-state index contributed by atoms with van der Waals surface area (Å²) in [5, 5.41) is 0. The number of rotatable bonds is 1. The molecule has 0 aromatic rings. The van der Waals surface area contributed by atoms with Crippen molar-refractivity contribution in [2.24, 2.45) is 0 Å². The van der Waals surface area contributed by atoms with Gasteiger partial charge >= 0.3 is 42.3 Å². The summed E-state index contributed by atoms with van der Waals surface area (Å²) in [6, 6.07) is 0. The van der Waals surface area contributed by atoms with Crippen molar-refractivity contribution in [3.63, 3.8) is 0 Å². The maximum atomic E-state index is 10.2. The summed E-state index contributed by atoms with van der Waals surface area (Å²) >= 11 is -11.2. The first-order valence-corrected chi connectivity index (χ1v) is 9.24. The molecule has 0 N–H and O–H groups in total. The molecule has 0 unspecified atom stereocenters. The van der Waals surface area contributed by atoms with E-state index >= 15 is 0 Å². The molecule has 0 aromatic heterocycles. The summed E-state index contributed by atoms with van der Waals surface area (Å²) in [5.41, 5.74) is 0. The van der Waals surface area contributed by atoms with E-state index < -0.39 is 19.5 Å². The third kappa shape index (κ3) is 83.0.